The Morgan fingerprint density at radius 1 is 1.00 bits per heavy atom. The van der Waals surface area contributed by atoms with Crippen LogP contribution in [0.4, 0.5) is 23.2 Å². The van der Waals surface area contributed by atoms with Crippen LogP contribution in [0.1, 0.15) is 11.1 Å². The van der Waals surface area contributed by atoms with E-state index in [0.29, 0.717) is 11.1 Å². The molecule has 2 aromatic rings. The third-order valence-corrected chi connectivity index (χ3v) is 2.55. The number of rotatable bonds is 3. The number of nitriles is 1. The molecule has 102 valence electrons. The van der Waals surface area contributed by atoms with Crippen LogP contribution in [0.2, 0.25) is 0 Å². The number of hydrogen-bond acceptors (Lipinski definition) is 3. The minimum Gasteiger partial charge on any atom is -0.376 e. The normalized spacial score (nSPS) is 10.2. The fourth-order valence-electron chi connectivity index (χ4n) is 1.53. The van der Waals surface area contributed by atoms with Gasteiger partial charge in [0.2, 0.25) is 11.6 Å². The number of nitrogens with zero attached hydrogens (tertiary/aromatic N) is 2. The van der Waals surface area contributed by atoms with E-state index in [1.807, 2.05) is 6.07 Å². The Balaban J connectivity index is 2.20. The molecule has 0 saturated carbocycles. The summed E-state index contributed by atoms with van der Waals surface area (Å²) in [6.07, 6.45) is 0. The molecule has 0 bridgehead atoms. The zero-order chi connectivity index (χ0) is 14.7. The number of pyridine rings is 1. The van der Waals surface area contributed by atoms with Crippen molar-refractivity contribution >= 4 is 5.69 Å². The molecule has 0 atom stereocenters. The van der Waals surface area contributed by atoms with Gasteiger partial charge < -0.3 is 5.32 Å². The molecule has 7 heteroatoms. The predicted molar refractivity (Wildman–Crippen MR) is 62.6 cm³/mol. The Bertz CT molecular complexity index is 651. The molecule has 0 saturated heterocycles. The minimum absolute atomic E-state index is 0.0670. The predicted octanol–water partition coefficient (Wildman–Crippen LogP) is 3.12. The molecular formula is C13H7F4N3. The first-order chi connectivity index (χ1) is 9.52. The van der Waals surface area contributed by atoms with Crippen molar-refractivity contribution in [1.29, 1.82) is 5.26 Å². The van der Waals surface area contributed by atoms with Gasteiger partial charge in [0.05, 0.1) is 11.6 Å². The van der Waals surface area contributed by atoms with E-state index in [-0.39, 0.29) is 6.54 Å². The monoisotopic (exact) mass is 281 g/mol. The topological polar surface area (TPSA) is 48.7 Å². The van der Waals surface area contributed by atoms with Crippen LogP contribution >= 0.6 is 0 Å². The van der Waals surface area contributed by atoms with Crippen LogP contribution in [-0.2, 0) is 6.54 Å². The number of anilines is 1. The van der Waals surface area contributed by atoms with Gasteiger partial charge in [-0.2, -0.15) is 27.8 Å². The lowest BCUT2D eigenvalue weighted by molar-refractivity contribution is 0.410. The molecule has 0 fully saturated rings. The number of nitrogens with one attached hydrogen (secondary N) is 1. The molecule has 0 spiro atoms. The zero-order valence-electron chi connectivity index (χ0n) is 9.92. The van der Waals surface area contributed by atoms with Gasteiger partial charge in [0.15, 0.2) is 0 Å². The zero-order valence-corrected chi connectivity index (χ0v) is 9.92. The molecule has 0 amide bonds. The van der Waals surface area contributed by atoms with Gasteiger partial charge in [0, 0.05) is 6.54 Å². The molecule has 0 radical (unpaired) electrons. The van der Waals surface area contributed by atoms with Gasteiger partial charge in [0.25, 0.3) is 11.9 Å². The van der Waals surface area contributed by atoms with E-state index < -0.39 is 29.2 Å². The average molecular weight is 281 g/mol. The summed E-state index contributed by atoms with van der Waals surface area (Å²) in [6.45, 7) is -0.0670. The summed E-state index contributed by atoms with van der Waals surface area (Å²) in [6, 6.07) is 8.04. The highest BCUT2D eigenvalue weighted by Gasteiger charge is 2.20. The van der Waals surface area contributed by atoms with Crippen molar-refractivity contribution in [3.05, 3.63) is 58.9 Å². The lowest BCUT2D eigenvalue weighted by atomic mass is 10.1. The third kappa shape index (κ3) is 2.69. The second kappa shape index (κ2) is 5.57. The van der Waals surface area contributed by atoms with Crippen LogP contribution in [-0.4, -0.2) is 4.98 Å². The summed E-state index contributed by atoms with van der Waals surface area (Å²) in [5.74, 6) is -6.60. The number of benzene rings is 1. The van der Waals surface area contributed by atoms with Gasteiger partial charge in [0.1, 0.15) is 5.69 Å². The lowest BCUT2D eigenvalue weighted by Gasteiger charge is -2.09. The average Bonchev–Trinajstić information content (AvgIpc) is 2.46. The van der Waals surface area contributed by atoms with Crippen molar-refractivity contribution in [2.45, 2.75) is 6.54 Å². The molecule has 3 nitrogen and oxygen atoms in total. The maximum absolute atomic E-state index is 13.3. The Kier molecular flexibility index (Phi) is 3.84. The lowest BCUT2D eigenvalue weighted by Crippen LogP contribution is -2.09. The van der Waals surface area contributed by atoms with Crippen LogP contribution < -0.4 is 5.32 Å². The summed E-state index contributed by atoms with van der Waals surface area (Å²) in [5, 5.41) is 10.9. The molecule has 0 unspecified atom stereocenters. The van der Waals surface area contributed by atoms with Crippen LogP contribution in [0.25, 0.3) is 0 Å². The molecule has 0 aliphatic rings. The van der Waals surface area contributed by atoms with E-state index in [4.69, 9.17) is 5.26 Å². The molecule has 2 rings (SSSR count). The smallest absolute Gasteiger partial charge is 0.253 e. The highest BCUT2D eigenvalue weighted by molar-refractivity contribution is 5.46. The van der Waals surface area contributed by atoms with Gasteiger partial charge in [-0.1, -0.05) is 12.1 Å². The van der Waals surface area contributed by atoms with E-state index in [1.54, 1.807) is 12.1 Å². The van der Waals surface area contributed by atoms with Gasteiger partial charge in [-0.25, -0.2) is 0 Å². The fourth-order valence-corrected chi connectivity index (χ4v) is 1.53. The fraction of sp³-hybridized carbons (Fsp3) is 0.0769. The Morgan fingerprint density at radius 3 is 2.05 bits per heavy atom. The van der Waals surface area contributed by atoms with Crippen LogP contribution in [0.3, 0.4) is 0 Å². The number of halogens is 4. The third-order valence-electron chi connectivity index (χ3n) is 2.55. The highest BCUT2D eigenvalue weighted by atomic mass is 19.2. The summed E-state index contributed by atoms with van der Waals surface area (Å²) >= 11 is 0. The summed E-state index contributed by atoms with van der Waals surface area (Å²) < 4.78 is 52.4. The number of hydrogen-bond donors (Lipinski definition) is 1. The summed E-state index contributed by atoms with van der Waals surface area (Å²) in [7, 11) is 0. The Labute approximate surface area is 111 Å². The van der Waals surface area contributed by atoms with Crippen molar-refractivity contribution in [2.24, 2.45) is 0 Å². The SMILES string of the molecule is N#Cc1ccc(CNc2c(F)c(F)nc(F)c2F)cc1. The minimum atomic E-state index is -1.72. The van der Waals surface area contributed by atoms with Gasteiger partial charge in [-0.15, -0.1) is 0 Å². The first kappa shape index (κ1) is 13.8. The Hall–Kier alpha value is -2.62. The highest BCUT2D eigenvalue weighted by Crippen LogP contribution is 2.22. The van der Waals surface area contributed by atoms with E-state index in [1.165, 1.54) is 12.1 Å². The van der Waals surface area contributed by atoms with E-state index >= 15 is 0 Å². The van der Waals surface area contributed by atoms with Gasteiger partial charge >= 0.3 is 0 Å². The second-order valence-electron chi connectivity index (χ2n) is 3.86. The molecule has 1 N–H and O–H groups in total. The molecule has 0 aliphatic heterocycles. The van der Waals surface area contributed by atoms with Crippen LogP contribution in [0.15, 0.2) is 24.3 Å². The van der Waals surface area contributed by atoms with Gasteiger partial charge in [-0.3, -0.25) is 0 Å². The quantitative estimate of drug-likeness (QED) is 0.694. The first-order valence-electron chi connectivity index (χ1n) is 5.46. The first-order valence-corrected chi connectivity index (χ1v) is 5.46. The summed E-state index contributed by atoms with van der Waals surface area (Å²) in [4.78, 5) is 2.45. The van der Waals surface area contributed by atoms with Crippen LogP contribution in [0.5, 0.6) is 0 Å². The molecule has 20 heavy (non-hydrogen) atoms. The molecule has 1 aromatic heterocycles. The molecule has 0 aliphatic carbocycles. The number of aromatic nitrogens is 1. The van der Waals surface area contributed by atoms with Crippen molar-refractivity contribution in [2.75, 3.05) is 5.32 Å². The van der Waals surface area contributed by atoms with Crippen LogP contribution in [0, 0.1) is 34.9 Å². The standard InChI is InChI=1S/C13H7F4N3/c14-9-11(10(15)13(17)20-12(9)16)19-6-8-3-1-7(5-18)2-4-8/h1-4H,6H2,(H,19,20). The van der Waals surface area contributed by atoms with E-state index in [0.717, 1.165) is 0 Å². The Morgan fingerprint density at radius 2 is 1.55 bits per heavy atom. The van der Waals surface area contributed by atoms with Crippen molar-refractivity contribution in [1.82, 2.24) is 4.98 Å². The summed E-state index contributed by atoms with van der Waals surface area (Å²) in [5.41, 5.74) is 0.0897. The van der Waals surface area contributed by atoms with Gasteiger partial charge in [-0.05, 0) is 17.7 Å². The molecule has 1 aromatic carbocycles. The van der Waals surface area contributed by atoms with E-state index in [2.05, 4.69) is 10.3 Å². The molecular weight excluding hydrogens is 274 g/mol. The maximum atomic E-state index is 13.3. The maximum Gasteiger partial charge on any atom is 0.253 e. The van der Waals surface area contributed by atoms with Crippen molar-refractivity contribution in [3.8, 4) is 6.07 Å². The largest absolute Gasteiger partial charge is 0.376 e. The van der Waals surface area contributed by atoms with Crippen molar-refractivity contribution in [3.63, 3.8) is 0 Å². The van der Waals surface area contributed by atoms with Crippen molar-refractivity contribution < 1.29 is 17.6 Å². The second-order valence-corrected chi connectivity index (χ2v) is 3.86. The van der Waals surface area contributed by atoms with E-state index in [9.17, 15) is 17.6 Å². The molecule has 1 heterocycles.